The summed E-state index contributed by atoms with van der Waals surface area (Å²) >= 11 is 6.51. The lowest BCUT2D eigenvalue weighted by Crippen LogP contribution is -2.34. The Morgan fingerprint density at radius 1 is 1.24 bits per heavy atom. The number of benzene rings is 1. The van der Waals surface area contributed by atoms with Gasteiger partial charge < -0.3 is 29.6 Å². The minimum atomic E-state index is -3.05. The van der Waals surface area contributed by atoms with Gasteiger partial charge in [-0.3, -0.25) is 0 Å². The summed E-state index contributed by atoms with van der Waals surface area (Å²) in [6.45, 7) is 0.480. The number of aryl methyl sites for hydroxylation is 2. The highest BCUT2D eigenvalue weighted by atomic mass is 35.5. The molecule has 3 N–H and O–H groups in total. The molecule has 6 rings (SSSR count). The van der Waals surface area contributed by atoms with Crippen LogP contribution >= 0.6 is 11.6 Å². The molecule has 0 bridgehead atoms. The Bertz CT molecular complexity index is 1480. The second kappa shape index (κ2) is 9.91. The van der Waals surface area contributed by atoms with Gasteiger partial charge in [0.2, 0.25) is 0 Å². The van der Waals surface area contributed by atoms with Crippen molar-refractivity contribution in [1.29, 1.82) is 0 Å². The summed E-state index contributed by atoms with van der Waals surface area (Å²) in [5, 5.41) is 13.6. The smallest absolute Gasteiger partial charge is 0.296 e. The second-order valence-corrected chi connectivity index (χ2v) is 12.8. The van der Waals surface area contributed by atoms with Gasteiger partial charge in [-0.2, -0.15) is 4.98 Å². The third-order valence-corrected chi connectivity index (χ3v) is 8.59. The summed E-state index contributed by atoms with van der Waals surface area (Å²) in [6, 6.07) is 5.06. The van der Waals surface area contributed by atoms with Crippen molar-refractivity contribution >= 4 is 38.4 Å². The van der Waals surface area contributed by atoms with E-state index in [1.807, 2.05) is 6.07 Å². The van der Waals surface area contributed by atoms with Crippen molar-refractivity contribution in [2.75, 3.05) is 30.5 Å². The highest BCUT2D eigenvalue weighted by molar-refractivity contribution is 7.90. The summed E-state index contributed by atoms with van der Waals surface area (Å²) in [4.78, 5) is 12.0. The zero-order chi connectivity index (χ0) is 26.6. The van der Waals surface area contributed by atoms with E-state index in [1.165, 1.54) is 12.3 Å². The largest absolute Gasteiger partial charge is 0.456 e. The molecule has 0 spiro atoms. The number of fused-ring (bicyclic) bond motifs is 3. The van der Waals surface area contributed by atoms with Crippen molar-refractivity contribution in [3.8, 4) is 6.01 Å². The number of rotatable bonds is 8. The number of pyridine rings is 1. The molecule has 2 aromatic heterocycles. The highest BCUT2D eigenvalue weighted by Gasteiger charge is 2.48. The fourth-order valence-electron chi connectivity index (χ4n) is 5.51. The number of hydrogen-bond donors (Lipinski definition) is 3. The van der Waals surface area contributed by atoms with Crippen LogP contribution < -0.4 is 10.1 Å². The normalized spacial score (nSPS) is 26.6. The maximum absolute atomic E-state index is 15.2. The first kappa shape index (κ1) is 25.8. The van der Waals surface area contributed by atoms with Gasteiger partial charge in [-0.25, -0.2) is 17.8 Å². The lowest BCUT2D eigenvalue weighted by atomic mass is 10.0. The van der Waals surface area contributed by atoms with Crippen LogP contribution in [-0.4, -0.2) is 78.1 Å². The maximum Gasteiger partial charge on any atom is 0.296 e. The SMILES string of the molecule is CS(=O)(=O)CCCc1cc(F)c2c(c1)CC[C@@H]2Nc1nc2nc(O[C@@H]3CO[C@H]4[C@@H]3OC[C@H]4O)[nH]c2cc1Cl. The minimum Gasteiger partial charge on any atom is -0.456 e. The molecule has 13 heteroatoms. The van der Waals surface area contributed by atoms with E-state index in [2.05, 4.69) is 20.3 Å². The number of hydrogen-bond acceptors (Lipinski definition) is 9. The van der Waals surface area contributed by atoms with Gasteiger partial charge in [0, 0.05) is 11.8 Å². The summed E-state index contributed by atoms with van der Waals surface area (Å²) in [7, 11) is -3.05. The Kier molecular flexibility index (Phi) is 6.71. The second-order valence-electron chi connectivity index (χ2n) is 10.2. The molecule has 38 heavy (non-hydrogen) atoms. The first-order chi connectivity index (χ1) is 18.1. The average Bonchev–Trinajstić information content (AvgIpc) is 3.60. The third kappa shape index (κ3) is 5.07. The maximum atomic E-state index is 15.2. The number of aromatic amines is 1. The zero-order valence-electron chi connectivity index (χ0n) is 20.6. The van der Waals surface area contributed by atoms with Gasteiger partial charge in [0.25, 0.3) is 6.01 Å². The molecule has 2 saturated heterocycles. The number of ether oxygens (including phenoxy) is 3. The number of sulfone groups is 1. The summed E-state index contributed by atoms with van der Waals surface area (Å²) in [5.41, 5.74) is 3.24. The Morgan fingerprint density at radius 3 is 2.87 bits per heavy atom. The minimum absolute atomic E-state index is 0.0783. The summed E-state index contributed by atoms with van der Waals surface area (Å²) in [6.07, 6.45) is 1.65. The van der Waals surface area contributed by atoms with E-state index in [-0.39, 0.29) is 42.9 Å². The van der Waals surface area contributed by atoms with Gasteiger partial charge in [0.15, 0.2) is 11.8 Å². The van der Waals surface area contributed by atoms with E-state index in [0.717, 1.165) is 11.1 Å². The Labute approximate surface area is 223 Å². The monoisotopic (exact) mass is 566 g/mol. The van der Waals surface area contributed by atoms with Crippen LogP contribution in [0.4, 0.5) is 10.2 Å². The standard InChI is InChI=1S/C25H28ClFN4O6S/c1-38(33,34)6-2-3-12-7-13-4-5-16(20(13)15(27)8-12)28-23-14(26)9-17-24(30-23)31-25(29-17)37-19-11-36-21-18(32)10-35-22(19)21/h7-9,16,18-19,21-22,32H,2-6,10-11H2,1H3,(H2,28,29,30,31)/t16-,18+,19+,21+,22+/m0/s1. The van der Waals surface area contributed by atoms with Crippen molar-refractivity contribution in [1.82, 2.24) is 15.0 Å². The van der Waals surface area contributed by atoms with E-state index in [0.29, 0.717) is 53.3 Å². The quantitative estimate of drug-likeness (QED) is 0.376. The molecular formula is C25H28ClFN4O6S. The molecule has 3 aliphatic rings. The van der Waals surface area contributed by atoms with Crippen molar-refractivity contribution in [3.05, 3.63) is 45.7 Å². The molecule has 5 atom stereocenters. The Balaban J connectivity index is 1.16. The molecule has 3 aromatic rings. The number of aliphatic hydroxyl groups is 1. The van der Waals surface area contributed by atoms with Crippen LogP contribution in [0, 0.1) is 5.82 Å². The zero-order valence-corrected chi connectivity index (χ0v) is 22.2. The fraction of sp³-hybridized carbons (Fsp3) is 0.520. The molecule has 2 fully saturated rings. The molecule has 1 aliphatic carbocycles. The number of halogens is 2. The molecule has 0 radical (unpaired) electrons. The number of aromatic nitrogens is 3. The molecule has 0 amide bonds. The van der Waals surface area contributed by atoms with Crippen LogP contribution in [0.25, 0.3) is 11.2 Å². The van der Waals surface area contributed by atoms with Crippen LogP contribution in [0.5, 0.6) is 6.01 Å². The summed E-state index contributed by atoms with van der Waals surface area (Å²) < 4.78 is 55.1. The van der Waals surface area contributed by atoms with Crippen LogP contribution in [0.15, 0.2) is 18.2 Å². The third-order valence-electron chi connectivity index (χ3n) is 7.27. The lowest BCUT2D eigenvalue weighted by Gasteiger charge is -2.17. The van der Waals surface area contributed by atoms with Gasteiger partial charge in [0.05, 0.1) is 35.5 Å². The molecule has 204 valence electrons. The number of nitrogens with zero attached hydrogens (tertiary/aromatic N) is 2. The topological polar surface area (TPSA) is 136 Å². The van der Waals surface area contributed by atoms with Gasteiger partial charge >= 0.3 is 0 Å². The number of imidazole rings is 1. The molecule has 4 heterocycles. The molecule has 10 nitrogen and oxygen atoms in total. The van der Waals surface area contributed by atoms with E-state index in [9.17, 15) is 13.5 Å². The molecule has 0 unspecified atom stereocenters. The van der Waals surface area contributed by atoms with E-state index in [4.69, 9.17) is 25.8 Å². The molecule has 1 aromatic carbocycles. The molecular weight excluding hydrogens is 539 g/mol. The van der Waals surface area contributed by atoms with Crippen LogP contribution in [0.2, 0.25) is 5.02 Å². The van der Waals surface area contributed by atoms with E-state index in [1.54, 1.807) is 6.07 Å². The predicted molar refractivity (Wildman–Crippen MR) is 138 cm³/mol. The van der Waals surface area contributed by atoms with Gasteiger partial charge in [0.1, 0.15) is 39.8 Å². The predicted octanol–water partition coefficient (Wildman–Crippen LogP) is 2.73. The Hall–Kier alpha value is -2.51. The van der Waals surface area contributed by atoms with Crippen molar-refractivity contribution < 1.29 is 32.1 Å². The van der Waals surface area contributed by atoms with Gasteiger partial charge in [-0.1, -0.05) is 17.7 Å². The first-order valence-electron chi connectivity index (χ1n) is 12.5. The van der Waals surface area contributed by atoms with Gasteiger partial charge in [-0.15, -0.1) is 0 Å². The van der Waals surface area contributed by atoms with Crippen molar-refractivity contribution in [2.24, 2.45) is 0 Å². The average molecular weight is 567 g/mol. The molecule has 0 saturated carbocycles. The Morgan fingerprint density at radius 2 is 2.05 bits per heavy atom. The number of H-pyrrole nitrogens is 1. The number of anilines is 1. The van der Waals surface area contributed by atoms with Crippen molar-refractivity contribution in [2.45, 2.75) is 56.1 Å². The van der Waals surface area contributed by atoms with Crippen LogP contribution in [0.1, 0.15) is 35.6 Å². The number of aliphatic hydroxyl groups excluding tert-OH is 1. The highest BCUT2D eigenvalue weighted by Crippen LogP contribution is 2.38. The van der Waals surface area contributed by atoms with E-state index >= 15 is 4.39 Å². The van der Waals surface area contributed by atoms with Crippen LogP contribution in [0.3, 0.4) is 0 Å². The number of nitrogens with one attached hydrogen (secondary N) is 2. The lowest BCUT2D eigenvalue weighted by molar-refractivity contribution is 0.00706. The van der Waals surface area contributed by atoms with Gasteiger partial charge in [-0.05, 0) is 48.9 Å². The van der Waals surface area contributed by atoms with Crippen LogP contribution in [-0.2, 0) is 32.2 Å². The van der Waals surface area contributed by atoms with Crippen molar-refractivity contribution in [3.63, 3.8) is 0 Å². The fourth-order valence-corrected chi connectivity index (χ4v) is 6.39. The van der Waals surface area contributed by atoms with E-state index < -0.39 is 28.1 Å². The first-order valence-corrected chi connectivity index (χ1v) is 15.0. The molecule has 2 aliphatic heterocycles. The summed E-state index contributed by atoms with van der Waals surface area (Å²) in [5.74, 6) is 0.142.